The molecule has 0 aromatic heterocycles. The van der Waals surface area contributed by atoms with Crippen LogP contribution in [0.2, 0.25) is 0 Å². The second-order valence-corrected chi connectivity index (χ2v) is 4.03. The Balaban J connectivity index is 2.32. The number of unbranched alkanes of at least 4 members (excludes halogenated alkanes) is 1. The number of hydrogen-bond donors (Lipinski definition) is 2. The Bertz CT molecular complexity index is 264. The van der Waals surface area contributed by atoms with E-state index in [1.54, 1.807) is 0 Å². The predicted octanol–water partition coefficient (Wildman–Crippen LogP) is 0.157. The summed E-state index contributed by atoms with van der Waals surface area (Å²) in [5.41, 5.74) is 4.44. The Morgan fingerprint density at radius 1 is 1.50 bits per heavy atom. The Labute approximate surface area is 94.5 Å². The maximum atomic E-state index is 11.4. The minimum Gasteiger partial charge on any atom is -0.450 e. The minimum absolute atomic E-state index is 0.0792. The van der Waals surface area contributed by atoms with Gasteiger partial charge in [0.15, 0.2) is 0 Å². The average Bonchev–Trinajstić information content (AvgIpc) is 2.14. The number of nitrogens with one attached hydrogen (secondary N) is 1. The zero-order valence-electron chi connectivity index (χ0n) is 9.45. The topological polar surface area (TPSA) is 90.6 Å². The normalized spacial score (nSPS) is 17.3. The summed E-state index contributed by atoms with van der Waals surface area (Å²) in [7, 11) is 0. The molecule has 0 atom stereocenters. The summed E-state index contributed by atoms with van der Waals surface area (Å²) in [6.07, 6.45) is 1.35. The van der Waals surface area contributed by atoms with E-state index < -0.39 is 17.5 Å². The van der Waals surface area contributed by atoms with Crippen LogP contribution in [0.4, 0.5) is 4.79 Å². The largest absolute Gasteiger partial charge is 0.450 e. The van der Waals surface area contributed by atoms with Crippen molar-refractivity contribution < 1.29 is 19.1 Å². The van der Waals surface area contributed by atoms with Gasteiger partial charge in [0.25, 0.3) is 0 Å². The zero-order valence-corrected chi connectivity index (χ0v) is 9.45. The molecule has 3 N–H and O–H groups in total. The highest BCUT2D eigenvalue weighted by Crippen LogP contribution is 2.20. The van der Waals surface area contributed by atoms with Crippen molar-refractivity contribution in [2.24, 2.45) is 5.73 Å². The van der Waals surface area contributed by atoms with Crippen molar-refractivity contribution in [1.82, 2.24) is 5.32 Å². The van der Waals surface area contributed by atoms with E-state index in [2.05, 4.69) is 5.32 Å². The smallest absolute Gasteiger partial charge is 0.407 e. The maximum Gasteiger partial charge on any atom is 0.407 e. The van der Waals surface area contributed by atoms with Crippen LogP contribution in [0.15, 0.2) is 0 Å². The molecule has 1 fully saturated rings. The van der Waals surface area contributed by atoms with Gasteiger partial charge >= 0.3 is 6.09 Å². The molecule has 1 aliphatic heterocycles. The average molecular weight is 230 g/mol. The first kappa shape index (κ1) is 12.8. The van der Waals surface area contributed by atoms with Gasteiger partial charge in [0.1, 0.15) is 0 Å². The summed E-state index contributed by atoms with van der Waals surface area (Å²) in [4.78, 5) is 22.2. The van der Waals surface area contributed by atoms with Crippen molar-refractivity contribution in [3.63, 3.8) is 0 Å². The number of hydrogen-bond acceptors (Lipinski definition) is 4. The van der Waals surface area contributed by atoms with E-state index in [4.69, 9.17) is 15.2 Å². The highest BCUT2D eigenvalue weighted by molar-refractivity contribution is 5.77. The zero-order chi connectivity index (χ0) is 12.0. The van der Waals surface area contributed by atoms with Gasteiger partial charge in [0.2, 0.25) is 5.91 Å². The second-order valence-electron chi connectivity index (χ2n) is 4.03. The molecule has 1 aliphatic rings. The van der Waals surface area contributed by atoms with Crippen molar-refractivity contribution in [3.05, 3.63) is 0 Å². The Kier molecular flexibility index (Phi) is 4.54. The lowest BCUT2D eigenvalue weighted by Crippen LogP contribution is -2.63. The number of carbonyl (C=O) groups excluding carboxylic acids is 2. The molecule has 2 amide bonds. The van der Waals surface area contributed by atoms with Crippen LogP contribution in [-0.2, 0) is 14.3 Å². The van der Waals surface area contributed by atoms with E-state index in [0.717, 1.165) is 12.8 Å². The number of nitrogens with two attached hydrogens (primary N) is 1. The molecule has 0 aliphatic carbocycles. The van der Waals surface area contributed by atoms with Gasteiger partial charge in [-0.25, -0.2) is 4.79 Å². The quantitative estimate of drug-likeness (QED) is 0.636. The number of ether oxygens (including phenoxy) is 2. The number of carbonyl (C=O) groups is 2. The molecule has 6 nitrogen and oxygen atoms in total. The molecule has 0 spiro atoms. The summed E-state index contributed by atoms with van der Waals surface area (Å²) in [6.45, 7) is 3.00. The van der Waals surface area contributed by atoms with Crippen LogP contribution in [0.25, 0.3) is 0 Å². The van der Waals surface area contributed by atoms with E-state index in [0.29, 0.717) is 19.8 Å². The third kappa shape index (κ3) is 3.69. The molecule has 0 aromatic carbocycles. The van der Waals surface area contributed by atoms with E-state index in [1.165, 1.54) is 0 Å². The lowest BCUT2D eigenvalue weighted by molar-refractivity contribution is -0.127. The highest BCUT2D eigenvalue weighted by atomic mass is 16.6. The van der Waals surface area contributed by atoms with Crippen molar-refractivity contribution in [2.75, 3.05) is 19.8 Å². The summed E-state index contributed by atoms with van der Waals surface area (Å²) in [5, 5.41) is 2.63. The number of amides is 2. The van der Waals surface area contributed by atoms with E-state index in [-0.39, 0.29) is 6.42 Å². The molecule has 92 valence electrons. The van der Waals surface area contributed by atoms with Crippen LogP contribution in [0, 0.1) is 0 Å². The van der Waals surface area contributed by atoms with Gasteiger partial charge in [-0.1, -0.05) is 13.3 Å². The van der Waals surface area contributed by atoms with Crippen molar-refractivity contribution in [2.45, 2.75) is 31.7 Å². The Morgan fingerprint density at radius 3 is 2.62 bits per heavy atom. The van der Waals surface area contributed by atoms with E-state index in [9.17, 15) is 9.59 Å². The van der Waals surface area contributed by atoms with Gasteiger partial charge in [-0.15, -0.1) is 0 Å². The molecule has 6 heteroatoms. The summed E-state index contributed by atoms with van der Waals surface area (Å²) < 4.78 is 9.93. The van der Waals surface area contributed by atoms with Gasteiger partial charge in [-0.2, -0.15) is 0 Å². The fourth-order valence-corrected chi connectivity index (χ4v) is 1.46. The summed E-state index contributed by atoms with van der Waals surface area (Å²) in [6, 6.07) is 0. The second kappa shape index (κ2) is 5.69. The van der Waals surface area contributed by atoms with Crippen molar-refractivity contribution >= 4 is 12.0 Å². The van der Waals surface area contributed by atoms with Crippen molar-refractivity contribution in [1.29, 1.82) is 0 Å². The van der Waals surface area contributed by atoms with Gasteiger partial charge in [-0.3, -0.25) is 4.79 Å². The predicted molar refractivity (Wildman–Crippen MR) is 56.8 cm³/mol. The van der Waals surface area contributed by atoms with Crippen LogP contribution >= 0.6 is 0 Å². The first-order chi connectivity index (χ1) is 7.58. The summed E-state index contributed by atoms with van der Waals surface area (Å²) >= 11 is 0. The molecule has 16 heavy (non-hydrogen) atoms. The lowest BCUT2D eigenvalue weighted by Gasteiger charge is -2.40. The molecule has 1 heterocycles. The molecular weight excluding hydrogens is 212 g/mol. The van der Waals surface area contributed by atoms with Crippen LogP contribution in [-0.4, -0.2) is 37.4 Å². The van der Waals surface area contributed by atoms with Gasteiger partial charge in [0, 0.05) is 0 Å². The number of primary amides is 1. The SMILES string of the molecule is CCCCOC(=O)NC1(CC(N)=O)COC1. The Morgan fingerprint density at radius 2 is 2.19 bits per heavy atom. The number of rotatable bonds is 6. The maximum absolute atomic E-state index is 11.4. The van der Waals surface area contributed by atoms with Gasteiger partial charge in [0.05, 0.1) is 31.8 Å². The molecule has 0 saturated carbocycles. The Hall–Kier alpha value is -1.30. The fraction of sp³-hybridized carbons (Fsp3) is 0.800. The van der Waals surface area contributed by atoms with Crippen LogP contribution in [0.3, 0.4) is 0 Å². The van der Waals surface area contributed by atoms with E-state index >= 15 is 0 Å². The fourth-order valence-electron chi connectivity index (χ4n) is 1.46. The van der Waals surface area contributed by atoms with Crippen molar-refractivity contribution in [3.8, 4) is 0 Å². The molecule has 0 aromatic rings. The standard InChI is InChI=1S/C10H18N2O4/c1-2-3-4-16-9(14)12-10(5-8(11)13)6-15-7-10/h2-7H2,1H3,(H2,11,13)(H,12,14). The molecule has 0 bridgehead atoms. The highest BCUT2D eigenvalue weighted by Gasteiger charge is 2.41. The molecule has 0 unspecified atom stereocenters. The molecular formula is C10H18N2O4. The van der Waals surface area contributed by atoms with Crippen LogP contribution < -0.4 is 11.1 Å². The van der Waals surface area contributed by atoms with Gasteiger partial charge in [-0.05, 0) is 6.42 Å². The van der Waals surface area contributed by atoms with Crippen LogP contribution in [0.5, 0.6) is 0 Å². The lowest BCUT2D eigenvalue weighted by atomic mass is 9.93. The summed E-state index contributed by atoms with van der Waals surface area (Å²) in [5.74, 6) is -0.461. The number of alkyl carbamates (subject to hydrolysis) is 1. The monoisotopic (exact) mass is 230 g/mol. The minimum atomic E-state index is -0.658. The van der Waals surface area contributed by atoms with Gasteiger partial charge < -0.3 is 20.5 Å². The first-order valence-corrected chi connectivity index (χ1v) is 5.39. The van der Waals surface area contributed by atoms with Crippen LogP contribution in [0.1, 0.15) is 26.2 Å². The third-order valence-corrected chi connectivity index (χ3v) is 2.37. The van der Waals surface area contributed by atoms with E-state index in [1.807, 2.05) is 6.92 Å². The third-order valence-electron chi connectivity index (χ3n) is 2.37. The first-order valence-electron chi connectivity index (χ1n) is 5.39. The molecule has 1 saturated heterocycles. The molecule has 1 rings (SSSR count). The molecule has 0 radical (unpaired) electrons.